The highest BCUT2D eigenvalue weighted by Gasteiger charge is 2.14. The number of nitrogens with zero attached hydrogens (tertiary/aromatic N) is 1. The summed E-state index contributed by atoms with van der Waals surface area (Å²) in [6.45, 7) is 0. The van der Waals surface area contributed by atoms with Crippen LogP contribution < -0.4 is 5.73 Å². The molecule has 0 aliphatic rings. The molecule has 0 heterocycles. The van der Waals surface area contributed by atoms with Crippen molar-refractivity contribution in [2.45, 2.75) is 12.8 Å². The van der Waals surface area contributed by atoms with Gasteiger partial charge in [0.1, 0.15) is 0 Å². The number of carbonyl (C=O) groups is 2. The van der Waals surface area contributed by atoms with Crippen molar-refractivity contribution in [1.82, 2.24) is 0 Å². The average molecular weight is 376 g/mol. The smallest absolute Gasteiger partial charge is 0.269 e. The monoisotopic (exact) mass is 376 g/mol. The van der Waals surface area contributed by atoms with Gasteiger partial charge in [0, 0.05) is 30.7 Å². The summed E-state index contributed by atoms with van der Waals surface area (Å²) in [4.78, 5) is 33.2. The molecule has 2 N–H and O–H groups in total. The van der Waals surface area contributed by atoms with Gasteiger partial charge in [0.25, 0.3) is 5.69 Å². The molecular formula is C22H20N2O4. The van der Waals surface area contributed by atoms with Crippen molar-refractivity contribution in [2.75, 3.05) is 5.73 Å². The topological polar surface area (TPSA) is 103 Å². The third-order valence-corrected chi connectivity index (χ3v) is 3.83. The Hall–Kier alpha value is -3.80. The molecule has 0 fully saturated rings. The van der Waals surface area contributed by atoms with Gasteiger partial charge in [-0.25, -0.2) is 0 Å². The van der Waals surface area contributed by atoms with Crippen LogP contribution in [-0.4, -0.2) is 16.5 Å². The van der Waals surface area contributed by atoms with Crippen LogP contribution in [0.25, 0.3) is 0 Å². The number of nitro groups is 1. The molecule has 6 heteroatoms. The molecule has 3 aromatic rings. The molecule has 0 saturated heterocycles. The molecule has 0 radical (unpaired) electrons. The van der Waals surface area contributed by atoms with E-state index < -0.39 is 4.92 Å². The Labute approximate surface area is 162 Å². The lowest BCUT2D eigenvalue weighted by Crippen LogP contribution is -2.18. The normalized spacial score (nSPS) is 9.71. The lowest BCUT2D eigenvalue weighted by molar-refractivity contribution is -0.384. The molecule has 0 saturated carbocycles. The van der Waals surface area contributed by atoms with Crippen molar-refractivity contribution >= 4 is 22.9 Å². The number of hydrogen-bond donors (Lipinski definition) is 1. The Bertz CT molecular complexity index is 872. The summed E-state index contributed by atoms with van der Waals surface area (Å²) >= 11 is 0. The van der Waals surface area contributed by atoms with Crippen LogP contribution in [0.15, 0.2) is 84.9 Å². The van der Waals surface area contributed by atoms with E-state index in [4.69, 9.17) is 5.73 Å². The predicted octanol–water partition coefficient (Wildman–Crippen LogP) is 3.79. The minimum Gasteiger partial charge on any atom is -0.399 e. The van der Waals surface area contributed by atoms with E-state index in [1.165, 1.54) is 24.3 Å². The van der Waals surface area contributed by atoms with Crippen LogP contribution in [-0.2, 0) is 22.4 Å². The summed E-state index contributed by atoms with van der Waals surface area (Å²) in [6, 6.07) is 24.4. The van der Waals surface area contributed by atoms with Gasteiger partial charge in [-0.05, 0) is 23.3 Å². The minimum atomic E-state index is -0.459. The first kappa shape index (κ1) is 20.5. The van der Waals surface area contributed by atoms with Crippen molar-refractivity contribution in [2.24, 2.45) is 0 Å². The highest BCUT2D eigenvalue weighted by Crippen LogP contribution is 2.12. The van der Waals surface area contributed by atoms with Gasteiger partial charge < -0.3 is 5.73 Å². The number of nitro benzene ring substituents is 1. The van der Waals surface area contributed by atoms with Gasteiger partial charge in [0.15, 0.2) is 0 Å². The van der Waals surface area contributed by atoms with Gasteiger partial charge in [-0.1, -0.05) is 60.7 Å². The van der Waals surface area contributed by atoms with E-state index >= 15 is 0 Å². The molecule has 28 heavy (non-hydrogen) atoms. The van der Waals surface area contributed by atoms with Crippen molar-refractivity contribution in [3.8, 4) is 0 Å². The molecule has 3 aromatic carbocycles. The second kappa shape index (κ2) is 10.4. The van der Waals surface area contributed by atoms with Crippen molar-refractivity contribution < 1.29 is 14.5 Å². The maximum Gasteiger partial charge on any atom is 0.269 e. The number of carbonyl (C=O) groups excluding carboxylic acids is 2. The number of nitrogen functional groups attached to an aromatic ring is 1. The molecule has 0 atom stereocenters. The summed E-state index contributed by atoms with van der Waals surface area (Å²) in [5.41, 5.74) is 7.66. The molecule has 6 nitrogen and oxygen atoms in total. The maximum atomic E-state index is 11.8. The molecule has 0 unspecified atom stereocenters. The highest BCUT2D eigenvalue weighted by molar-refractivity contribution is 6.38. The van der Waals surface area contributed by atoms with E-state index in [1.54, 1.807) is 0 Å². The standard InChI is InChI=1S/C16H14O2.C6H6N2O2/c17-15(11-13-7-3-1-4-8-13)16(18)12-14-9-5-2-6-10-14;7-5-1-3-6(4-2-5)8(9)10/h1-10H,11-12H2;1-4H,7H2. The van der Waals surface area contributed by atoms with Gasteiger partial charge in [0.05, 0.1) is 4.92 Å². The first-order valence-corrected chi connectivity index (χ1v) is 8.59. The third kappa shape index (κ3) is 6.84. The predicted molar refractivity (Wildman–Crippen MR) is 108 cm³/mol. The Kier molecular flexibility index (Phi) is 7.60. The fourth-order valence-corrected chi connectivity index (χ4v) is 2.36. The van der Waals surface area contributed by atoms with Gasteiger partial charge in [-0.3, -0.25) is 19.7 Å². The van der Waals surface area contributed by atoms with E-state index in [2.05, 4.69) is 0 Å². The average Bonchev–Trinajstić information content (AvgIpc) is 2.70. The number of ketones is 2. The Balaban J connectivity index is 0.000000237. The van der Waals surface area contributed by atoms with E-state index in [0.717, 1.165) is 11.1 Å². The van der Waals surface area contributed by atoms with Crippen LogP contribution in [0.2, 0.25) is 0 Å². The van der Waals surface area contributed by atoms with Crippen LogP contribution >= 0.6 is 0 Å². The van der Waals surface area contributed by atoms with Crippen LogP contribution in [0.3, 0.4) is 0 Å². The molecule has 0 aliphatic heterocycles. The SMILES string of the molecule is Nc1ccc([N+](=O)[O-])cc1.O=C(Cc1ccccc1)C(=O)Cc1ccccc1. The number of non-ortho nitro benzene ring substituents is 1. The lowest BCUT2D eigenvalue weighted by Gasteiger charge is -2.01. The summed E-state index contributed by atoms with van der Waals surface area (Å²) in [5.74, 6) is -0.657. The molecule has 0 amide bonds. The zero-order valence-corrected chi connectivity index (χ0v) is 15.2. The van der Waals surface area contributed by atoms with Gasteiger partial charge >= 0.3 is 0 Å². The van der Waals surface area contributed by atoms with Gasteiger partial charge in [0.2, 0.25) is 11.6 Å². The van der Waals surface area contributed by atoms with Crippen molar-refractivity contribution in [3.05, 3.63) is 106 Å². The van der Waals surface area contributed by atoms with Crippen LogP contribution in [0.5, 0.6) is 0 Å². The fourth-order valence-electron chi connectivity index (χ4n) is 2.36. The minimum absolute atomic E-state index is 0.0641. The van der Waals surface area contributed by atoms with Gasteiger partial charge in [-0.2, -0.15) is 0 Å². The highest BCUT2D eigenvalue weighted by atomic mass is 16.6. The van der Waals surface area contributed by atoms with E-state index in [9.17, 15) is 19.7 Å². The zero-order valence-electron chi connectivity index (χ0n) is 15.2. The molecular weight excluding hydrogens is 356 g/mol. The van der Waals surface area contributed by atoms with E-state index in [0.29, 0.717) is 5.69 Å². The number of Topliss-reactive ketones (excluding diaryl/α,β-unsaturated/α-hetero) is 2. The van der Waals surface area contributed by atoms with E-state index in [-0.39, 0.29) is 30.1 Å². The van der Waals surface area contributed by atoms with Crippen molar-refractivity contribution in [1.29, 1.82) is 0 Å². The van der Waals surface area contributed by atoms with E-state index in [1.807, 2.05) is 60.7 Å². The first-order chi connectivity index (χ1) is 13.5. The third-order valence-electron chi connectivity index (χ3n) is 3.83. The second-order valence-corrected chi connectivity index (χ2v) is 6.02. The molecule has 0 bridgehead atoms. The van der Waals surface area contributed by atoms with Crippen LogP contribution in [0.4, 0.5) is 11.4 Å². The summed E-state index contributed by atoms with van der Waals surface area (Å²) in [5, 5.41) is 10.1. The largest absolute Gasteiger partial charge is 0.399 e. The number of hydrogen-bond acceptors (Lipinski definition) is 5. The van der Waals surface area contributed by atoms with Crippen LogP contribution in [0, 0.1) is 10.1 Å². The quantitative estimate of drug-likeness (QED) is 0.305. The Morgan fingerprint density at radius 3 is 1.46 bits per heavy atom. The summed E-state index contributed by atoms with van der Waals surface area (Å²) in [7, 11) is 0. The number of nitrogens with two attached hydrogens (primary N) is 1. The van der Waals surface area contributed by atoms with Crippen molar-refractivity contribution in [3.63, 3.8) is 0 Å². The molecule has 142 valence electrons. The first-order valence-electron chi connectivity index (χ1n) is 8.59. The molecule has 3 rings (SSSR count). The Morgan fingerprint density at radius 2 is 1.11 bits per heavy atom. The maximum absolute atomic E-state index is 11.8. The number of benzene rings is 3. The fraction of sp³-hybridized carbons (Fsp3) is 0.0909. The molecule has 0 aromatic heterocycles. The second-order valence-electron chi connectivity index (χ2n) is 6.02. The summed E-state index contributed by atoms with van der Waals surface area (Å²) in [6.07, 6.45) is 0.374. The molecule has 0 aliphatic carbocycles. The lowest BCUT2D eigenvalue weighted by atomic mass is 10.0. The van der Waals surface area contributed by atoms with Gasteiger partial charge in [-0.15, -0.1) is 0 Å². The summed E-state index contributed by atoms with van der Waals surface area (Å²) < 4.78 is 0. The van der Waals surface area contributed by atoms with Crippen LogP contribution in [0.1, 0.15) is 11.1 Å². The Morgan fingerprint density at radius 1 is 0.714 bits per heavy atom. The zero-order chi connectivity index (χ0) is 20.4. The number of rotatable bonds is 6. The molecule has 0 spiro atoms. The number of anilines is 1.